The summed E-state index contributed by atoms with van der Waals surface area (Å²) in [4.78, 5) is 2.49. The van der Waals surface area contributed by atoms with Crippen molar-refractivity contribution in [3.63, 3.8) is 0 Å². The number of halogens is 1. The van der Waals surface area contributed by atoms with E-state index in [0.717, 1.165) is 49.1 Å². The van der Waals surface area contributed by atoms with Crippen LogP contribution in [-0.4, -0.2) is 34.2 Å². The number of H-pyrrole nitrogens is 1. The molecule has 2 heterocycles. The number of benzene rings is 2. The molecular weight excluding hydrogens is 303 g/mol. The number of likely N-dealkylation sites (tertiary alicyclic amines) is 1. The Balaban J connectivity index is 1.31. The summed E-state index contributed by atoms with van der Waals surface area (Å²) in [7, 11) is 0. The zero-order valence-corrected chi connectivity index (χ0v) is 13.5. The fraction of sp³-hybridized carbons (Fsp3) is 0.316. The molecule has 0 saturated carbocycles. The second-order valence-corrected chi connectivity index (χ2v) is 6.49. The second-order valence-electron chi connectivity index (χ2n) is 6.49. The average molecular weight is 324 g/mol. The van der Waals surface area contributed by atoms with Gasteiger partial charge >= 0.3 is 0 Å². The van der Waals surface area contributed by atoms with E-state index in [-0.39, 0.29) is 5.82 Å². The maximum atomic E-state index is 13.0. The number of nitrogens with zero attached hydrogens (tertiary/aromatic N) is 2. The van der Waals surface area contributed by atoms with Gasteiger partial charge in [-0.1, -0.05) is 12.1 Å². The highest BCUT2D eigenvalue weighted by atomic mass is 19.1. The molecule has 3 aromatic rings. The number of anilines is 1. The van der Waals surface area contributed by atoms with Crippen molar-refractivity contribution in [2.75, 3.05) is 18.4 Å². The third-order valence-electron chi connectivity index (χ3n) is 4.72. The van der Waals surface area contributed by atoms with Crippen LogP contribution in [0.15, 0.2) is 48.7 Å². The summed E-state index contributed by atoms with van der Waals surface area (Å²) >= 11 is 0. The minimum atomic E-state index is -0.190. The van der Waals surface area contributed by atoms with Crippen LogP contribution in [0.2, 0.25) is 0 Å². The number of piperidine rings is 1. The Kier molecular flexibility index (Phi) is 4.17. The van der Waals surface area contributed by atoms with Gasteiger partial charge in [-0.05, 0) is 48.7 Å². The normalized spacial score (nSPS) is 16.5. The molecule has 2 aromatic carbocycles. The van der Waals surface area contributed by atoms with Crippen molar-refractivity contribution >= 4 is 16.6 Å². The van der Waals surface area contributed by atoms with Gasteiger partial charge in [-0.15, -0.1) is 0 Å². The lowest BCUT2D eigenvalue weighted by Gasteiger charge is -2.33. The number of rotatable bonds is 4. The summed E-state index contributed by atoms with van der Waals surface area (Å²) in [5, 5.41) is 11.8. The van der Waals surface area contributed by atoms with Gasteiger partial charge in [0.2, 0.25) is 0 Å². The van der Waals surface area contributed by atoms with Gasteiger partial charge < -0.3 is 5.32 Å². The highest BCUT2D eigenvalue weighted by Gasteiger charge is 2.19. The Hall–Kier alpha value is -2.40. The van der Waals surface area contributed by atoms with Crippen LogP contribution in [0.25, 0.3) is 10.9 Å². The van der Waals surface area contributed by atoms with Crippen molar-refractivity contribution in [3.8, 4) is 0 Å². The molecule has 1 aliphatic rings. The first-order chi connectivity index (χ1) is 11.8. The maximum absolute atomic E-state index is 13.0. The van der Waals surface area contributed by atoms with E-state index in [9.17, 15) is 4.39 Å². The third-order valence-corrected chi connectivity index (χ3v) is 4.72. The minimum absolute atomic E-state index is 0.190. The Morgan fingerprint density at radius 3 is 2.71 bits per heavy atom. The van der Waals surface area contributed by atoms with Crippen LogP contribution in [0.5, 0.6) is 0 Å². The molecular formula is C19H21FN4. The lowest BCUT2D eigenvalue weighted by atomic mass is 10.0. The van der Waals surface area contributed by atoms with Gasteiger partial charge in [0.25, 0.3) is 0 Å². The molecule has 0 aliphatic carbocycles. The molecule has 1 aliphatic heterocycles. The monoisotopic (exact) mass is 324 g/mol. The van der Waals surface area contributed by atoms with Crippen molar-refractivity contribution < 1.29 is 4.39 Å². The minimum Gasteiger partial charge on any atom is -0.382 e. The number of hydrogen-bond donors (Lipinski definition) is 2. The Morgan fingerprint density at radius 2 is 1.92 bits per heavy atom. The number of fused-ring (bicyclic) bond motifs is 1. The zero-order chi connectivity index (χ0) is 16.4. The second kappa shape index (κ2) is 6.61. The van der Waals surface area contributed by atoms with Crippen LogP contribution in [0, 0.1) is 5.82 Å². The van der Waals surface area contributed by atoms with Crippen molar-refractivity contribution in [2.45, 2.75) is 25.4 Å². The number of hydrogen-bond acceptors (Lipinski definition) is 3. The molecule has 0 atom stereocenters. The van der Waals surface area contributed by atoms with E-state index in [1.807, 2.05) is 6.20 Å². The molecule has 0 unspecified atom stereocenters. The molecule has 0 bridgehead atoms. The Labute approximate surface area is 140 Å². The van der Waals surface area contributed by atoms with Crippen LogP contribution >= 0.6 is 0 Å². The van der Waals surface area contributed by atoms with Crippen molar-refractivity contribution in [1.29, 1.82) is 0 Å². The van der Waals surface area contributed by atoms with Gasteiger partial charge in [0.1, 0.15) is 5.82 Å². The quantitative estimate of drug-likeness (QED) is 0.767. The van der Waals surface area contributed by atoms with E-state index in [1.165, 1.54) is 17.7 Å². The molecule has 5 heteroatoms. The first-order valence-corrected chi connectivity index (χ1v) is 8.43. The Morgan fingerprint density at radius 1 is 1.12 bits per heavy atom. The summed E-state index contributed by atoms with van der Waals surface area (Å²) in [5.74, 6) is -0.190. The van der Waals surface area contributed by atoms with Gasteiger partial charge in [0.05, 0.1) is 11.7 Å². The topological polar surface area (TPSA) is 44.0 Å². The molecule has 4 rings (SSSR count). The summed E-state index contributed by atoms with van der Waals surface area (Å²) < 4.78 is 13.0. The van der Waals surface area contributed by atoms with E-state index in [1.54, 1.807) is 12.1 Å². The number of aromatic amines is 1. The molecule has 4 nitrogen and oxygen atoms in total. The average Bonchev–Trinajstić information content (AvgIpc) is 3.06. The first-order valence-electron chi connectivity index (χ1n) is 8.43. The smallest absolute Gasteiger partial charge is 0.123 e. The van der Waals surface area contributed by atoms with Crippen molar-refractivity contribution in [3.05, 3.63) is 60.0 Å². The third kappa shape index (κ3) is 3.41. The van der Waals surface area contributed by atoms with E-state index < -0.39 is 0 Å². The molecule has 1 fully saturated rings. The summed E-state index contributed by atoms with van der Waals surface area (Å²) in [6.07, 6.45) is 4.05. The molecule has 0 radical (unpaired) electrons. The van der Waals surface area contributed by atoms with Crippen LogP contribution < -0.4 is 5.32 Å². The van der Waals surface area contributed by atoms with E-state index in [0.29, 0.717) is 6.04 Å². The lowest BCUT2D eigenvalue weighted by molar-refractivity contribution is 0.211. The van der Waals surface area contributed by atoms with E-state index in [4.69, 9.17) is 0 Å². The standard InChI is InChI=1S/C19H21FN4/c20-16-3-5-17(6-4-16)22-18-7-9-24(10-8-18)13-14-1-2-15-12-21-23-19(15)11-14/h1-6,11-12,18,22H,7-10,13H2,(H,21,23). The SMILES string of the molecule is Fc1ccc(NC2CCN(Cc3ccc4cn[nH]c4c3)CC2)cc1. The van der Waals surface area contributed by atoms with Crippen LogP contribution in [-0.2, 0) is 6.54 Å². The number of aromatic nitrogens is 2. The van der Waals surface area contributed by atoms with Gasteiger partial charge in [-0.3, -0.25) is 10.00 Å². The highest BCUT2D eigenvalue weighted by molar-refractivity contribution is 5.78. The van der Waals surface area contributed by atoms with Gasteiger partial charge in [-0.25, -0.2) is 4.39 Å². The highest BCUT2D eigenvalue weighted by Crippen LogP contribution is 2.20. The molecule has 124 valence electrons. The van der Waals surface area contributed by atoms with Crippen LogP contribution in [0.1, 0.15) is 18.4 Å². The van der Waals surface area contributed by atoms with E-state index in [2.05, 4.69) is 38.6 Å². The zero-order valence-electron chi connectivity index (χ0n) is 13.5. The first kappa shape index (κ1) is 15.1. The summed E-state index contributed by atoms with van der Waals surface area (Å²) in [5.41, 5.74) is 3.41. The van der Waals surface area contributed by atoms with Crippen LogP contribution in [0.4, 0.5) is 10.1 Å². The number of nitrogens with one attached hydrogen (secondary N) is 2. The predicted molar refractivity (Wildman–Crippen MR) is 94.4 cm³/mol. The van der Waals surface area contributed by atoms with Gasteiger partial charge in [0.15, 0.2) is 0 Å². The lowest BCUT2D eigenvalue weighted by Crippen LogP contribution is -2.38. The summed E-state index contributed by atoms with van der Waals surface area (Å²) in [6.45, 7) is 3.11. The molecule has 24 heavy (non-hydrogen) atoms. The van der Waals surface area contributed by atoms with Crippen molar-refractivity contribution in [1.82, 2.24) is 15.1 Å². The van der Waals surface area contributed by atoms with Gasteiger partial charge in [-0.2, -0.15) is 5.10 Å². The van der Waals surface area contributed by atoms with Crippen molar-refractivity contribution in [2.24, 2.45) is 0 Å². The van der Waals surface area contributed by atoms with Crippen LogP contribution in [0.3, 0.4) is 0 Å². The molecule has 0 amide bonds. The molecule has 0 spiro atoms. The molecule has 1 aromatic heterocycles. The fourth-order valence-electron chi connectivity index (χ4n) is 3.36. The summed E-state index contributed by atoms with van der Waals surface area (Å²) in [6, 6.07) is 13.6. The molecule has 1 saturated heterocycles. The van der Waals surface area contributed by atoms with Gasteiger partial charge in [0, 0.05) is 36.7 Å². The van der Waals surface area contributed by atoms with E-state index >= 15 is 0 Å². The largest absolute Gasteiger partial charge is 0.382 e. The maximum Gasteiger partial charge on any atom is 0.123 e. The fourth-order valence-corrected chi connectivity index (χ4v) is 3.36. The Bertz CT molecular complexity index is 804. The molecule has 2 N–H and O–H groups in total. The predicted octanol–water partition coefficient (Wildman–Crippen LogP) is 3.78.